The van der Waals surface area contributed by atoms with Gasteiger partial charge in [-0.05, 0) is 43.4 Å². The molecule has 1 aromatic carbocycles. The fraction of sp³-hybridized carbons (Fsp3) is 0.421. The van der Waals surface area contributed by atoms with Crippen molar-refractivity contribution in [2.24, 2.45) is 11.8 Å². The summed E-state index contributed by atoms with van der Waals surface area (Å²) < 4.78 is 5.58. The zero-order valence-corrected chi connectivity index (χ0v) is 13.2. The first kappa shape index (κ1) is 13.2. The van der Waals surface area contributed by atoms with Gasteiger partial charge in [0.05, 0.1) is 18.2 Å². The van der Waals surface area contributed by atoms with Crippen LogP contribution in [0.3, 0.4) is 0 Å². The van der Waals surface area contributed by atoms with E-state index in [-0.39, 0.29) is 29.9 Å². The summed E-state index contributed by atoms with van der Waals surface area (Å²) in [7, 11) is 0. The average molecular weight is 308 g/mol. The molecule has 4 nitrogen and oxygen atoms in total. The van der Waals surface area contributed by atoms with Gasteiger partial charge in [-0.25, -0.2) is 0 Å². The monoisotopic (exact) mass is 308 g/mol. The van der Waals surface area contributed by atoms with Crippen LogP contribution in [0, 0.1) is 11.8 Å². The number of ether oxygens (including phenoxy) is 1. The third kappa shape index (κ3) is 1.75. The molecular weight excluding hydrogens is 288 g/mol. The number of allylic oxidation sites excluding steroid dienone is 1. The molecule has 1 saturated heterocycles. The molecule has 1 fully saturated rings. The maximum atomic E-state index is 13.0. The molecule has 1 amide bonds. The number of para-hydroxylation sites is 1. The molecule has 3 aliphatic rings. The minimum Gasteiger partial charge on any atom is -0.498 e. The van der Waals surface area contributed by atoms with Gasteiger partial charge >= 0.3 is 0 Å². The van der Waals surface area contributed by atoms with Gasteiger partial charge in [-0.1, -0.05) is 18.2 Å². The summed E-state index contributed by atoms with van der Waals surface area (Å²) >= 11 is 0. The number of fused-ring (bicyclic) bond motifs is 6. The van der Waals surface area contributed by atoms with Crippen LogP contribution in [-0.2, 0) is 16.0 Å². The van der Waals surface area contributed by atoms with E-state index < -0.39 is 0 Å². The number of carbonyl (C=O) groups excluding carboxylic acids is 1. The van der Waals surface area contributed by atoms with Crippen molar-refractivity contribution in [2.45, 2.75) is 31.9 Å². The molecule has 0 radical (unpaired) electrons. The number of amides is 1. The van der Waals surface area contributed by atoms with Gasteiger partial charge in [0.25, 0.3) is 0 Å². The van der Waals surface area contributed by atoms with Crippen molar-refractivity contribution >= 4 is 16.8 Å². The lowest BCUT2D eigenvalue weighted by Crippen LogP contribution is -2.53. The molecule has 118 valence electrons. The largest absolute Gasteiger partial charge is 0.498 e. The average Bonchev–Trinajstić information content (AvgIpc) is 2.94. The first-order valence-electron chi connectivity index (χ1n) is 8.46. The second-order valence-electron chi connectivity index (χ2n) is 6.96. The van der Waals surface area contributed by atoms with E-state index in [1.54, 1.807) is 6.26 Å². The van der Waals surface area contributed by atoms with Crippen LogP contribution >= 0.6 is 0 Å². The van der Waals surface area contributed by atoms with Gasteiger partial charge in [-0.3, -0.25) is 4.79 Å². The van der Waals surface area contributed by atoms with Crippen LogP contribution in [-0.4, -0.2) is 28.4 Å². The van der Waals surface area contributed by atoms with Crippen LogP contribution in [0.5, 0.6) is 0 Å². The lowest BCUT2D eigenvalue weighted by atomic mass is 9.75. The van der Waals surface area contributed by atoms with Gasteiger partial charge in [-0.15, -0.1) is 0 Å². The standard InChI is InChI=1S/C19H20N2O2/c1-11-17-12(7-9-23-11)10-16-18-14(6-8-21(16)19(17)22)13-4-2-3-5-15(13)20-18/h2-5,7,9,11-12,16-17,20H,6,8,10H2,1H3/t11-,12+,16-,17-/m0/s1. The zero-order chi connectivity index (χ0) is 15.6. The fourth-order valence-electron chi connectivity index (χ4n) is 4.71. The van der Waals surface area contributed by atoms with E-state index in [1.165, 1.54) is 22.2 Å². The molecule has 3 aliphatic heterocycles. The Hall–Kier alpha value is -2.23. The molecule has 0 aliphatic carbocycles. The van der Waals surface area contributed by atoms with Gasteiger partial charge in [0.1, 0.15) is 6.10 Å². The maximum Gasteiger partial charge on any atom is 0.230 e. The lowest BCUT2D eigenvalue weighted by molar-refractivity contribution is -0.151. The summed E-state index contributed by atoms with van der Waals surface area (Å²) in [5.74, 6) is 0.513. The van der Waals surface area contributed by atoms with E-state index in [9.17, 15) is 4.79 Å². The van der Waals surface area contributed by atoms with E-state index in [1.807, 2.05) is 6.92 Å². The van der Waals surface area contributed by atoms with Crippen molar-refractivity contribution in [3.8, 4) is 0 Å². The topological polar surface area (TPSA) is 45.3 Å². The number of benzene rings is 1. The first-order chi connectivity index (χ1) is 11.2. The Morgan fingerprint density at radius 2 is 2.17 bits per heavy atom. The molecule has 0 unspecified atom stereocenters. The van der Waals surface area contributed by atoms with E-state index in [0.29, 0.717) is 0 Å². The van der Waals surface area contributed by atoms with Crippen LogP contribution in [0.25, 0.3) is 10.9 Å². The Morgan fingerprint density at radius 3 is 3.09 bits per heavy atom. The predicted octanol–water partition coefficient (Wildman–Crippen LogP) is 3.16. The van der Waals surface area contributed by atoms with Gasteiger partial charge in [0, 0.05) is 23.1 Å². The summed E-state index contributed by atoms with van der Waals surface area (Å²) in [5.41, 5.74) is 3.83. The number of aromatic amines is 1. The molecule has 0 bridgehead atoms. The predicted molar refractivity (Wildman–Crippen MR) is 87.7 cm³/mol. The number of rotatable bonds is 0. The van der Waals surface area contributed by atoms with Crippen molar-refractivity contribution in [2.75, 3.05) is 6.54 Å². The van der Waals surface area contributed by atoms with Gasteiger partial charge < -0.3 is 14.6 Å². The Labute approximate surface area is 135 Å². The van der Waals surface area contributed by atoms with E-state index in [0.717, 1.165) is 19.4 Å². The molecule has 4 atom stereocenters. The minimum atomic E-state index is -0.0258. The lowest BCUT2D eigenvalue weighted by Gasteiger charge is -2.47. The van der Waals surface area contributed by atoms with E-state index in [4.69, 9.17) is 4.74 Å². The molecule has 0 spiro atoms. The van der Waals surface area contributed by atoms with Crippen molar-refractivity contribution < 1.29 is 9.53 Å². The Bertz CT molecular complexity index is 822. The number of nitrogens with one attached hydrogen (secondary N) is 1. The maximum absolute atomic E-state index is 13.0. The third-order valence-corrected chi connectivity index (χ3v) is 5.81. The molecule has 5 rings (SSSR count). The molecule has 2 aromatic rings. The quantitative estimate of drug-likeness (QED) is 0.812. The van der Waals surface area contributed by atoms with Crippen molar-refractivity contribution in [1.82, 2.24) is 9.88 Å². The Morgan fingerprint density at radius 1 is 1.30 bits per heavy atom. The van der Waals surface area contributed by atoms with E-state index in [2.05, 4.69) is 40.2 Å². The molecule has 4 heteroatoms. The highest BCUT2D eigenvalue weighted by Gasteiger charge is 2.47. The number of hydrogen-bond acceptors (Lipinski definition) is 2. The van der Waals surface area contributed by atoms with Crippen molar-refractivity contribution in [1.29, 1.82) is 0 Å². The second-order valence-corrected chi connectivity index (χ2v) is 6.96. The summed E-state index contributed by atoms with van der Waals surface area (Å²) in [5, 5.41) is 1.31. The highest BCUT2D eigenvalue weighted by Crippen LogP contribution is 2.45. The molecule has 1 aromatic heterocycles. The number of hydrogen-bond donors (Lipinski definition) is 1. The number of piperidine rings is 1. The highest BCUT2D eigenvalue weighted by atomic mass is 16.5. The van der Waals surface area contributed by atoms with Gasteiger partial charge in [0.2, 0.25) is 5.91 Å². The van der Waals surface area contributed by atoms with Crippen LogP contribution in [0.4, 0.5) is 0 Å². The van der Waals surface area contributed by atoms with Crippen molar-refractivity contribution in [3.63, 3.8) is 0 Å². The van der Waals surface area contributed by atoms with Gasteiger partial charge in [-0.2, -0.15) is 0 Å². The summed E-state index contributed by atoms with van der Waals surface area (Å²) in [6, 6.07) is 8.64. The van der Waals surface area contributed by atoms with Crippen LogP contribution < -0.4 is 0 Å². The normalized spacial score (nSPS) is 32.2. The SMILES string of the molecule is C[C@@H]1OC=C[C@@H]2C[C@H]3c4[nH]c5ccccc5c4CCN3C(=O)[C@H]21. The number of aromatic nitrogens is 1. The zero-order valence-electron chi connectivity index (χ0n) is 13.2. The summed E-state index contributed by atoms with van der Waals surface area (Å²) in [6.45, 7) is 2.83. The number of nitrogens with zero attached hydrogens (tertiary/aromatic N) is 1. The molecule has 0 saturated carbocycles. The minimum absolute atomic E-state index is 0.0254. The van der Waals surface area contributed by atoms with Crippen LogP contribution in [0.2, 0.25) is 0 Å². The fourth-order valence-corrected chi connectivity index (χ4v) is 4.71. The third-order valence-electron chi connectivity index (χ3n) is 5.81. The van der Waals surface area contributed by atoms with Crippen LogP contribution in [0.15, 0.2) is 36.6 Å². The summed E-state index contributed by atoms with van der Waals surface area (Å²) in [4.78, 5) is 18.7. The van der Waals surface area contributed by atoms with E-state index >= 15 is 0 Å². The van der Waals surface area contributed by atoms with Crippen molar-refractivity contribution in [3.05, 3.63) is 47.9 Å². The number of carbonyl (C=O) groups is 1. The van der Waals surface area contributed by atoms with Crippen LogP contribution in [0.1, 0.15) is 30.6 Å². The molecule has 4 heterocycles. The summed E-state index contributed by atoms with van der Waals surface area (Å²) in [6.07, 6.45) is 5.76. The first-order valence-corrected chi connectivity index (χ1v) is 8.46. The Kier molecular flexibility index (Phi) is 2.67. The highest BCUT2D eigenvalue weighted by molar-refractivity contribution is 5.87. The Balaban J connectivity index is 1.61. The smallest absolute Gasteiger partial charge is 0.230 e. The molecule has 1 N–H and O–H groups in total. The second kappa shape index (κ2) is 4.63. The molecule has 23 heavy (non-hydrogen) atoms. The molecular formula is C19H20N2O2. The van der Waals surface area contributed by atoms with Gasteiger partial charge in [0.15, 0.2) is 0 Å². The number of H-pyrrole nitrogens is 1.